The lowest BCUT2D eigenvalue weighted by molar-refractivity contribution is 0.122. The van der Waals surface area contributed by atoms with Gasteiger partial charge in [0.25, 0.3) is 0 Å². The lowest BCUT2D eigenvalue weighted by Crippen LogP contribution is -2.37. The average Bonchev–Trinajstić information content (AvgIpc) is 2.67. The van der Waals surface area contributed by atoms with E-state index in [9.17, 15) is 0 Å². The number of ether oxygens (including phenoxy) is 1. The zero-order valence-electron chi connectivity index (χ0n) is 15.1. The van der Waals surface area contributed by atoms with Gasteiger partial charge in [-0.2, -0.15) is 20.1 Å². The number of aromatic nitrogens is 3. The van der Waals surface area contributed by atoms with Crippen molar-refractivity contribution < 1.29 is 4.74 Å². The molecule has 0 aliphatic carbocycles. The fourth-order valence-corrected chi connectivity index (χ4v) is 2.52. The van der Waals surface area contributed by atoms with Crippen molar-refractivity contribution in [2.75, 3.05) is 55.6 Å². The number of anilines is 3. The second-order valence-electron chi connectivity index (χ2n) is 6.07. The van der Waals surface area contributed by atoms with Crippen LogP contribution in [0.2, 0.25) is 5.02 Å². The summed E-state index contributed by atoms with van der Waals surface area (Å²) in [4.78, 5) is 17.4. The largest absolute Gasteiger partial charge is 0.378 e. The number of rotatable bonds is 5. The summed E-state index contributed by atoms with van der Waals surface area (Å²) < 4.78 is 5.40. The minimum atomic E-state index is 0.401. The highest BCUT2D eigenvalue weighted by atomic mass is 35.5. The first-order chi connectivity index (χ1) is 12.5. The molecule has 1 fully saturated rings. The molecular weight excluding hydrogens is 354 g/mol. The molecule has 8 nitrogen and oxygen atoms in total. The van der Waals surface area contributed by atoms with Crippen molar-refractivity contribution in [3.05, 3.63) is 34.9 Å². The van der Waals surface area contributed by atoms with Crippen molar-refractivity contribution in [3.8, 4) is 0 Å². The predicted octanol–water partition coefficient (Wildman–Crippen LogP) is 2.26. The molecule has 0 atom stereocenters. The maximum absolute atomic E-state index is 5.93. The highest BCUT2D eigenvalue weighted by Crippen LogP contribution is 2.17. The van der Waals surface area contributed by atoms with Gasteiger partial charge in [0.05, 0.1) is 18.9 Å². The minimum Gasteiger partial charge on any atom is -0.378 e. The summed E-state index contributed by atoms with van der Waals surface area (Å²) in [5.74, 6) is 1.59. The number of halogens is 1. The number of nitrogens with one attached hydrogen (secondary N) is 1. The fraction of sp³-hybridized carbons (Fsp3) is 0.412. The standard InChI is InChI=1S/C17H22ClN7O/c1-12(13-4-6-14(18)7-5-13)22-23-15-19-16(24(2)3)21-17(20-15)25-8-10-26-11-9-25/h4-7H,8-11H2,1-3H3,(H,19,20,21,23). The van der Waals surface area contributed by atoms with Crippen LogP contribution in [-0.2, 0) is 4.74 Å². The van der Waals surface area contributed by atoms with Crippen LogP contribution in [0.25, 0.3) is 0 Å². The molecule has 0 spiro atoms. The molecule has 2 aromatic rings. The first kappa shape index (κ1) is 18.3. The Morgan fingerprint density at radius 2 is 1.85 bits per heavy atom. The number of benzene rings is 1. The van der Waals surface area contributed by atoms with E-state index < -0.39 is 0 Å². The normalized spacial score (nSPS) is 15.1. The Kier molecular flexibility index (Phi) is 5.85. The Morgan fingerprint density at radius 3 is 2.50 bits per heavy atom. The Hall–Kier alpha value is -2.45. The zero-order chi connectivity index (χ0) is 18.5. The maximum atomic E-state index is 5.93. The third-order valence-electron chi connectivity index (χ3n) is 3.89. The van der Waals surface area contributed by atoms with Crippen molar-refractivity contribution in [2.45, 2.75) is 6.92 Å². The van der Waals surface area contributed by atoms with Gasteiger partial charge < -0.3 is 14.5 Å². The molecule has 1 aliphatic heterocycles. The molecular formula is C17H22ClN7O. The second-order valence-corrected chi connectivity index (χ2v) is 6.51. The molecule has 9 heteroatoms. The molecule has 0 saturated carbocycles. The topological polar surface area (TPSA) is 78.8 Å². The first-order valence-corrected chi connectivity index (χ1v) is 8.73. The molecule has 1 aromatic heterocycles. The average molecular weight is 376 g/mol. The molecule has 0 radical (unpaired) electrons. The van der Waals surface area contributed by atoms with Crippen LogP contribution in [0.4, 0.5) is 17.8 Å². The Morgan fingerprint density at radius 1 is 1.15 bits per heavy atom. The lowest BCUT2D eigenvalue weighted by atomic mass is 10.1. The summed E-state index contributed by atoms with van der Waals surface area (Å²) in [6.45, 7) is 4.75. The summed E-state index contributed by atoms with van der Waals surface area (Å²) in [5.41, 5.74) is 4.72. The van der Waals surface area contributed by atoms with Gasteiger partial charge in [-0.3, -0.25) is 0 Å². The highest BCUT2D eigenvalue weighted by molar-refractivity contribution is 6.30. The number of hydrogen-bond donors (Lipinski definition) is 1. The van der Waals surface area contributed by atoms with Crippen LogP contribution in [0.3, 0.4) is 0 Å². The van der Waals surface area contributed by atoms with E-state index in [1.165, 1.54) is 0 Å². The van der Waals surface area contributed by atoms with Gasteiger partial charge in [-0.05, 0) is 24.6 Å². The zero-order valence-corrected chi connectivity index (χ0v) is 15.9. The minimum absolute atomic E-state index is 0.401. The van der Waals surface area contributed by atoms with Gasteiger partial charge in [-0.25, -0.2) is 5.43 Å². The van der Waals surface area contributed by atoms with E-state index in [4.69, 9.17) is 16.3 Å². The molecule has 0 amide bonds. The van der Waals surface area contributed by atoms with Gasteiger partial charge in [0.15, 0.2) is 0 Å². The number of hydrogen-bond acceptors (Lipinski definition) is 8. The summed E-state index contributed by atoms with van der Waals surface area (Å²) >= 11 is 5.93. The number of nitrogens with zero attached hydrogens (tertiary/aromatic N) is 6. The Bertz CT molecular complexity index is 773. The molecule has 3 rings (SSSR count). The predicted molar refractivity (Wildman–Crippen MR) is 104 cm³/mol. The van der Waals surface area contributed by atoms with E-state index in [0.29, 0.717) is 36.1 Å². The first-order valence-electron chi connectivity index (χ1n) is 8.35. The molecule has 0 unspecified atom stereocenters. The summed E-state index contributed by atoms with van der Waals surface area (Å²) in [7, 11) is 3.79. The molecule has 1 aromatic carbocycles. The smallest absolute Gasteiger partial charge is 0.250 e. The molecule has 1 saturated heterocycles. The SMILES string of the molecule is CC(=NNc1nc(N(C)C)nc(N2CCOCC2)n1)c1ccc(Cl)cc1. The number of hydrazone groups is 1. The van der Waals surface area contributed by atoms with Crippen molar-refractivity contribution in [2.24, 2.45) is 5.10 Å². The molecule has 138 valence electrons. The molecule has 26 heavy (non-hydrogen) atoms. The van der Waals surface area contributed by atoms with E-state index in [-0.39, 0.29) is 0 Å². The van der Waals surface area contributed by atoms with E-state index in [1.54, 1.807) is 0 Å². The van der Waals surface area contributed by atoms with E-state index in [0.717, 1.165) is 24.4 Å². The van der Waals surface area contributed by atoms with E-state index in [2.05, 4.69) is 30.4 Å². The van der Waals surface area contributed by atoms with E-state index >= 15 is 0 Å². The van der Waals surface area contributed by atoms with Gasteiger partial charge in [-0.15, -0.1) is 0 Å². The quantitative estimate of drug-likeness (QED) is 0.634. The summed E-state index contributed by atoms with van der Waals surface area (Å²) in [6.07, 6.45) is 0. The second kappa shape index (κ2) is 8.29. The van der Waals surface area contributed by atoms with Gasteiger partial charge in [0.1, 0.15) is 0 Å². The monoisotopic (exact) mass is 375 g/mol. The van der Waals surface area contributed by atoms with Crippen LogP contribution >= 0.6 is 11.6 Å². The van der Waals surface area contributed by atoms with Gasteiger partial charge in [0, 0.05) is 32.2 Å². The molecule has 2 heterocycles. The van der Waals surface area contributed by atoms with Crippen molar-refractivity contribution >= 4 is 35.2 Å². The van der Waals surface area contributed by atoms with Crippen LogP contribution in [-0.4, -0.2) is 61.1 Å². The van der Waals surface area contributed by atoms with Crippen LogP contribution in [0.1, 0.15) is 12.5 Å². The maximum Gasteiger partial charge on any atom is 0.250 e. The molecule has 1 N–H and O–H groups in total. The lowest BCUT2D eigenvalue weighted by Gasteiger charge is -2.27. The summed E-state index contributed by atoms with van der Waals surface area (Å²) in [6, 6.07) is 7.50. The molecule has 1 aliphatic rings. The van der Waals surface area contributed by atoms with Gasteiger partial charge in [0.2, 0.25) is 17.8 Å². The molecule has 0 bridgehead atoms. The van der Waals surface area contributed by atoms with Crippen molar-refractivity contribution in [3.63, 3.8) is 0 Å². The Balaban J connectivity index is 1.82. The third-order valence-corrected chi connectivity index (χ3v) is 4.14. The van der Waals surface area contributed by atoms with Crippen molar-refractivity contribution in [1.29, 1.82) is 0 Å². The van der Waals surface area contributed by atoms with Crippen molar-refractivity contribution in [1.82, 2.24) is 15.0 Å². The van der Waals surface area contributed by atoms with Gasteiger partial charge in [-0.1, -0.05) is 23.7 Å². The Labute approximate surface area is 157 Å². The van der Waals surface area contributed by atoms with Crippen LogP contribution in [0, 0.1) is 0 Å². The third kappa shape index (κ3) is 4.59. The van der Waals surface area contributed by atoms with Crippen LogP contribution in [0.15, 0.2) is 29.4 Å². The van der Waals surface area contributed by atoms with E-state index in [1.807, 2.05) is 50.2 Å². The fourth-order valence-electron chi connectivity index (χ4n) is 2.40. The number of morpholine rings is 1. The summed E-state index contributed by atoms with van der Waals surface area (Å²) in [5, 5.41) is 5.08. The van der Waals surface area contributed by atoms with Crippen LogP contribution in [0.5, 0.6) is 0 Å². The van der Waals surface area contributed by atoms with Gasteiger partial charge >= 0.3 is 0 Å². The van der Waals surface area contributed by atoms with Crippen LogP contribution < -0.4 is 15.2 Å². The highest BCUT2D eigenvalue weighted by Gasteiger charge is 2.17.